The number of para-hydroxylation sites is 2. The van der Waals surface area contributed by atoms with Crippen molar-refractivity contribution in [1.82, 2.24) is 9.97 Å². The number of rotatable bonds is 6. The number of hydrogen-bond donors (Lipinski definition) is 2. The standard InChI is InChI=1S/C25H20N4O/c1-2-9-22-19(6-1)7-5-8-20(22)17-30-21-14-12-18(13-15-21)16-26-29-25-27-23-10-3-4-11-24(23)28-25/h1-16H,17H2,(H2,27,28,29)/b26-16-. The van der Waals surface area contributed by atoms with Crippen LogP contribution in [-0.2, 0) is 6.61 Å². The summed E-state index contributed by atoms with van der Waals surface area (Å²) in [6.07, 6.45) is 1.75. The summed E-state index contributed by atoms with van der Waals surface area (Å²) in [7, 11) is 0. The molecule has 0 atom stereocenters. The summed E-state index contributed by atoms with van der Waals surface area (Å²) in [5, 5.41) is 6.70. The summed E-state index contributed by atoms with van der Waals surface area (Å²) in [5.41, 5.74) is 6.96. The normalized spacial score (nSPS) is 11.3. The first-order valence-electron chi connectivity index (χ1n) is 9.78. The molecule has 0 bridgehead atoms. The van der Waals surface area contributed by atoms with Crippen LogP contribution in [0.2, 0.25) is 0 Å². The molecule has 0 saturated heterocycles. The van der Waals surface area contributed by atoms with Crippen molar-refractivity contribution in [2.75, 3.05) is 5.43 Å². The average molecular weight is 392 g/mol. The molecule has 30 heavy (non-hydrogen) atoms. The maximum atomic E-state index is 5.99. The van der Waals surface area contributed by atoms with Gasteiger partial charge < -0.3 is 9.72 Å². The summed E-state index contributed by atoms with van der Waals surface area (Å²) in [5.74, 6) is 1.44. The quantitative estimate of drug-likeness (QED) is 0.286. The largest absolute Gasteiger partial charge is 0.489 e. The number of imidazole rings is 1. The van der Waals surface area contributed by atoms with Crippen LogP contribution in [0.4, 0.5) is 5.95 Å². The number of ether oxygens (including phenoxy) is 1. The summed E-state index contributed by atoms with van der Waals surface area (Å²) in [6, 6.07) is 30.4. The van der Waals surface area contributed by atoms with Crippen LogP contribution < -0.4 is 10.2 Å². The van der Waals surface area contributed by atoms with Crippen LogP contribution in [0, 0.1) is 0 Å². The van der Waals surface area contributed by atoms with Crippen molar-refractivity contribution in [3.63, 3.8) is 0 Å². The maximum Gasteiger partial charge on any atom is 0.222 e. The van der Waals surface area contributed by atoms with E-state index in [1.165, 1.54) is 16.3 Å². The fraction of sp³-hybridized carbons (Fsp3) is 0.0400. The predicted octanol–water partition coefficient (Wildman–Crippen LogP) is 5.74. The number of H-pyrrole nitrogens is 1. The van der Waals surface area contributed by atoms with Crippen LogP contribution in [0.25, 0.3) is 21.8 Å². The number of aromatic amines is 1. The highest BCUT2D eigenvalue weighted by Gasteiger charge is 2.02. The summed E-state index contributed by atoms with van der Waals surface area (Å²) < 4.78 is 5.99. The lowest BCUT2D eigenvalue weighted by molar-refractivity contribution is 0.307. The molecule has 5 heteroatoms. The third kappa shape index (κ3) is 3.86. The monoisotopic (exact) mass is 392 g/mol. The molecule has 5 nitrogen and oxygen atoms in total. The van der Waals surface area contributed by atoms with Gasteiger partial charge in [-0.1, -0.05) is 54.6 Å². The predicted molar refractivity (Wildman–Crippen MR) is 122 cm³/mol. The average Bonchev–Trinajstić information content (AvgIpc) is 3.21. The zero-order chi connectivity index (χ0) is 20.2. The molecule has 1 aromatic heterocycles. The summed E-state index contributed by atoms with van der Waals surface area (Å²) in [6.45, 7) is 0.530. The number of hydrazone groups is 1. The highest BCUT2D eigenvalue weighted by atomic mass is 16.5. The fourth-order valence-electron chi connectivity index (χ4n) is 3.40. The first-order chi connectivity index (χ1) is 14.8. The third-order valence-corrected chi connectivity index (χ3v) is 4.93. The Kier molecular flexibility index (Phi) is 4.84. The van der Waals surface area contributed by atoms with E-state index < -0.39 is 0 Å². The Bertz CT molecular complexity index is 1280. The number of nitrogens with zero attached hydrogens (tertiary/aromatic N) is 2. The third-order valence-electron chi connectivity index (χ3n) is 4.93. The van der Waals surface area contributed by atoms with Crippen LogP contribution in [0.1, 0.15) is 11.1 Å². The lowest BCUT2D eigenvalue weighted by Crippen LogP contribution is -1.97. The molecule has 0 unspecified atom stereocenters. The molecule has 0 radical (unpaired) electrons. The van der Waals surface area contributed by atoms with Crippen molar-refractivity contribution in [3.8, 4) is 5.75 Å². The minimum Gasteiger partial charge on any atom is -0.489 e. The van der Waals surface area contributed by atoms with E-state index in [9.17, 15) is 0 Å². The number of anilines is 1. The Hall–Kier alpha value is -4.12. The van der Waals surface area contributed by atoms with Crippen LogP contribution >= 0.6 is 0 Å². The Morgan fingerprint density at radius 3 is 2.57 bits per heavy atom. The van der Waals surface area contributed by atoms with E-state index >= 15 is 0 Å². The molecule has 5 aromatic rings. The van der Waals surface area contributed by atoms with Gasteiger partial charge in [-0.2, -0.15) is 5.10 Å². The number of hydrogen-bond acceptors (Lipinski definition) is 4. The molecule has 5 rings (SSSR count). The SMILES string of the molecule is C(=N/Nc1nc2ccccc2[nH]1)/c1ccc(OCc2cccc3ccccc23)cc1. The number of aromatic nitrogens is 2. The van der Waals surface area contributed by atoms with Gasteiger partial charge in [-0.05, 0) is 58.3 Å². The molecule has 0 aliphatic rings. The summed E-state index contributed by atoms with van der Waals surface area (Å²) in [4.78, 5) is 7.61. The smallest absolute Gasteiger partial charge is 0.222 e. The molecule has 146 valence electrons. The highest BCUT2D eigenvalue weighted by Crippen LogP contribution is 2.21. The Labute approximate surface area is 174 Å². The molecule has 0 amide bonds. The molecule has 4 aromatic carbocycles. The molecular weight excluding hydrogens is 372 g/mol. The molecule has 0 fully saturated rings. The van der Waals surface area contributed by atoms with Gasteiger partial charge in [-0.25, -0.2) is 10.4 Å². The van der Waals surface area contributed by atoms with Crippen LogP contribution in [0.3, 0.4) is 0 Å². The van der Waals surface area contributed by atoms with Gasteiger partial charge in [0.15, 0.2) is 0 Å². The van der Waals surface area contributed by atoms with Gasteiger partial charge in [0.25, 0.3) is 0 Å². The maximum absolute atomic E-state index is 5.99. The van der Waals surface area contributed by atoms with E-state index in [1.807, 2.05) is 48.5 Å². The van der Waals surface area contributed by atoms with Crippen molar-refractivity contribution in [2.45, 2.75) is 6.61 Å². The van der Waals surface area contributed by atoms with E-state index in [0.717, 1.165) is 22.3 Å². The first kappa shape index (κ1) is 17.9. The van der Waals surface area contributed by atoms with Gasteiger partial charge in [0.05, 0.1) is 17.2 Å². The Balaban J connectivity index is 1.21. The molecule has 2 N–H and O–H groups in total. The topological polar surface area (TPSA) is 62.3 Å². The second kappa shape index (κ2) is 8.09. The van der Waals surface area contributed by atoms with Gasteiger partial charge >= 0.3 is 0 Å². The Morgan fingerprint density at radius 2 is 1.67 bits per heavy atom. The Morgan fingerprint density at radius 1 is 0.867 bits per heavy atom. The van der Waals surface area contributed by atoms with E-state index in [2.05, 4.69) is 63.0 Å². The van der Waals surface area contributed by atoms with Crippen LogP contribution in [-0.4, -0.2) is 16.2 Å². The van der Waals surface area contributed by atoms with Crippen molar-refractivity contribution < 1.29 is 4.74 Å². The highest BCUT2D eigenvalue weighted by molar-refractivity contribution is 5.85. The summed E-state index contributed by atoms with van der Waals surface area (Å²) >= 11 is 0. The van der Waals surface area contributed by atoms with Crippen molar-refractivity contribution in [3.05, 3.63) is 102 Å². The van der Waals surface area contributed by atoms with E-state index in [4.69, 9.17) is 4.74 Å². The first-order valence-corrected chi connectivity index (χ1v) is 9.78. The second-order valence-electron chi connectivity index (χ2n) is 6.97. The van der Waals surface area contributed by atoms with Crippen LogP contribution in [0.15, 0.2) is 96.1 Å². The van der Waals surface area contributed by atoms with Crippen molar-refractivity contribution in [2.24, 2.45) is 5.10 Å². The number of nitrogens with one attached hydrogen (secondary N) is 2. The fourth-order valence-corrected chi connectivity index (χ4v) is 3.40. The van der Waals surface area contributed by atoms with Gasteiger partial charge in [-0.3, -0.25) is 0 Å². The van der Waals surface area contributed by atoms with E-state index in [0.29, 0.717) is 12.6 Å². The number of benzene rings is 4. The van der Waals surface area contributed by atoms with Gasteiger partial charge in [-0.15, -0.1) is 0 Å². The van der Waals surface area contributed by atoms with Crippen LogP contribution in [0.5, 0.6) is 5.75 Å². The molecule has 1 heterocycles. The lowest BCUT2D eigenvalue weighted by atomic mass is 10.1. The molecular formula is C25H20N4O. The zero-order valence-electron chi connectivity index (χ0n) is 16.2. The van der Waals surface area contributed by atoms with Gasteiger partial charge in [0, 0.05) is 0 Å². The molecule has 0 saturated carbocycles. The minimum absolute atomic E-state index is 0.530. The minimum atomic E-state index is 0.530. The number of fused-ring (bicyclic) bond motifs is 2. The van der Waals surface area contributed by atoms with Crippen molar-refractivity contribution in [1.29, 1.82) is 0 Å². The molecule has 0 aliphatic heterocycles. The second-order valence-corrected chi connectivity index (χ2v) is 6.97. The van der Waals surface area contributed by atoms with E-state index in [-0.39, 0.29) is 0 Å². The van der Waals surface area contributed by atoms with Gasteiger partial charge in [0.1, 0.15) is 12.4 Å². The van der Waals surface area contributed by atoms with Gasteiger partial charge in [0.2, 0.25) is 5.95 Å². The van der Waals surface area contributed by atoms with Crippen molar-refractivity contribution >= 4 is 34.0 Å². The lowest BCUT2D eigenvalue weighted by Gasteiger charge is -2.09. The molecule has 0 aliphatic carbocycles. The molecule has 0 spiro atoms. The zero-order valence-corrected chi connectivity index (χ0v) is 16.2. The van der Waals surface area contributed by atoms with E-state index in [1.54, 1.807) is 6.21 Å².